The maximum Gasteiger partial charge on any atom is 0.245 e. The third-order valence-electron chi connectivity index (χ3n) is 1.84. The molecule has 1 heterocycles. The Morgan fingerprint density at radius 3 is 2.47 bits per heavy atom. The van der Waals surface area contributed by atoms with Crippen LogP contribution < -0.4 is 10.2 Å². The molecule has 17 heavy (non-hydrogen) atoms. The van der Waals surface area contributed by atoms with Gasteiger partial charge in [-0.15, -0.1) is 0 Å². The van der Waals surface area contributed by atoms with E-state index in [1.807, 2.05) is 4.72 Å². The first-order valence-electron chi connectivity index (χ1n) is 4.57. The van der Waals surface area contributed by atoms with Gasteiger partial charge in [-0.3, -0.25) is 4.79 Å². The first kappa shape index (κ1) is 13.9. The van der Waals surface area contributed by atoms with Gasteiger partial charge in [-0.05, 0) is 0 Å². The van der Waals surface area contributed by atoms with Gasteiger partial charge in [0.2, 0.25) is 15.5 Å². The van der Waals surface area contributed by atoms with E-state index in [2.05, 4.69) is 4.98 Å². The lowest BCUT2D eigenvalue weighted by Crippen LogP contribution is -2.32. The summed E-state index contributed by atoms with van der Waals surface area (Å²) in [5.41, 5.74) is -0.657. The second-order valence-electron chi connectivity index (χ2n) is 3.40. The normalized spacial score (nSPS) is 12.5. The molecule has 7 nitrogen and oxygen atoms in total. The van der Waals surface area contributed by atoms with Gasteiger partial charge in [0, 0.05) is 31.3 Å². The van der Waals surface area contributed by atoms with Crippen molar-refractivity contribution in [1.82, 2.24) is 9.71 Å². The van der Waals surface area contributed by atoms with Gasteiger partial charge in [0.1, 0.15) is 14.7 Å². The van der Waals surface area contributed by atoms with Gasteiger partial charge in [0.25, 0.3) is 0 Å². The Morgan fingerprint density at radius 1 is 1.29 bits per heavy atom. The lowest BCUT2D eigenvalue weighted by atomic mass is 10.5. The summed E-state index contributed by atoms with van der Waals surface area (Å²) < 4.78 is 46.9. The van der Waals surface area contributed by atoms with Crippen LogP contribution in [0.1, 0.15) is 0 Å². The first-order valence-corrected chi connectivity index (χ1v) is 8.11. The van der Waals surface area contributed by atoms with Crippen LogP contribution in [0.5, 0.6) is 0 Å². The second-order valence-corrected chi connectivity index (χ2v) is 7.40. The number of sulfonamides is 1. The quantitative estimate of drug-likeness (QED) is 0.696. The highest BCUT2D eigenvalue weighted by Gasteiger charge is 2.17. The number of sulfone groups is 1. The Labute approximate surface area is 98.8 Å². The van der Waals surface area contributed by atoms with Gasteiger partial charge in [-0.1, -0.05) is 0 Å². The molecule has 2 N–H and O–H groups in total. The molecule has 0 atom stereocenters. The van der Waals surface area contributed by atoms with Crippen molar-refractivity contribution < 1.29 is 16.8 Å². The highest BCUT2D eigenvalue weighted by Crippen LogP contribution is 1.99. The fraction of sp³-hybridized carbons (Fsp3) is 0.375. The zero-order valence-corrected chi connectivity index (χ0v) is 10.6. The van der Waals surface area contributed by atoms with Crippen LogP contribution in [0, 0.1) is 0 Å². The summed E-state index contributed by atoms with van der Waals surface area (Å²) in [6.07, 6.45) is 3.35. The topological polar surface area (TPSA) is 113 Å². The lowest BCUT2D eigenvalue weighted by molar-refractivity contribution is 0.581. The van der Waals surface area contributed by atoms with Crippen molar-refractivity contribution in [2.75, 3.05) is 18.6 Å². The summed E-state index contributed by atoms with van der Waals surface area (Å²) in [6, 6.07) is 1.07. The summed E-state index contributed by atoms with van der Waals surface area (Å²) in [5, 5.41) is 0. The second kappa shape index (κ2) is 4.98. The molecule has 0 spiro atoms. The zero-order valence-electron chi connectivity index (χ0n) is 9.00. The van der Waals surface area contributed by atoms with Gasteiger partial charge in [0.05, 0.1) is 5.75 Å². The largest absolute Gasteiger partial charge is 0.366 e. The highest BCUT2D eigenvalue weighted by atomic mass is 32.2. The van der Waals surface area contributed by atoms with Crippen LogP contribution in [0.2, 0.25) is 0 Å². The van der Waals surface area contributed by atoms with Crippen LogP contribution >= 0.6 is 0 Å². The van der Waals surface area contributed by atoms with Crippen LogP contribution in [0.15, 0.2) is 28.2 Å². The molecular weight excluding hydrogens is 268 g/mol. The Bertz CT molecular complexity index is 644. The van der Waals surface area contributed by atoms with Gasteiger partial charge in [0.15, 0.2) is 0 Å². The van der Waals surface area contributed by atoms with E-state index in [-0.39, 0.29) is 12.3 Å². The summed E-state index contributed by atoms with van der Waals surface area (Å²) in [6.45, 7) is -0.268. The summed E-state index contributed by atoms with van der Waals surface area (Å²) in [5.74, 6) is -0.322. The van der Waals surface area contributed by atoms with Crippen molar-refractivity contribution in [3.63, 3.8) is 0 Å². The van der Waals surface area contributed by atoms with Crippen molar-refractivity contribution in [2.45, 2.75) is 4.90 Å². The minimum atomic E-state index is -3.97. The van der Waals surface area contributed by atoms with Gasteiger partial charge in [-0.2, -0.15) is 0 Å². The van der Waals surface area contributed by atoms with Crippen LogP contribution in [0.25, 0.3) is 0 Å². The average molecular weight is 280 g/mol. The summed E-state index contributed by atoms with van der Waals surface area (Å²) in [7, 11) is -7.22. The van der Waals surface area contributed by atoms with E-state index >= 15 is 0 Å². The maximum absolute atomic E-state index is 11.6. The standard InChI is InChI=1S/C8H12N2O5S2/c1-16(12,13)5-4-10-17(14,15)8-6-9-3-2-7(8)11/h2-3,6,10H,4-5H2,1H3,(H,9,11). The molecule has 0 aliphatic heterocycles. The summed E-state index contributed by atoms with van der Waals surface area (Å²) in [4.78, 5) is 13.3. The monoisotopic (exact) mass is 280 g/mol. The van der Waals surface area contributed by atoms with Crippen LogP contribution in [0.4, 0.5) is 0 Å². The van der Waals surface area contributed by atoms with E-state index in [0.717, 1.165) is 18.5 Å². The fourth-order valence-electron chi connectivity index (χ4n) is 1.05. The molecule has 1 rings (SSSR count). The molecule has 1 aromatic rings. The van der Waals surface area contributed by atoms with Crippen molar-refractivity contribution in [2.24, 2.45) is 0 Å². The third kappa shape index (κ3) is 4.29. The zero-order chi connectivity index (χ0) is 13.1. The lowest BCUT2D eigenvalue weighted by Gasteiger charge is -2.04. The van der Waals surface area contributed by atoms with E-state index in [4.69, 9.17) is 0 Å². The fourth-order valence-corrected chi connectivity index (χ4v) is 2.73. The van der Waals surface area contributed by atoms with Crippen molar-refractivity contribution in [3.05, 3.63) is 28.7 Å². The van der Waals surface area contributed by atoms with E-state index in [0.29, 0.717) is 0 Å². The molecule has 0 saturated carbocycles. The molecule has 0 bridgehead atoms. The Balaban J connectivity index is 2.85. The number of aromatic amines is 1. The van der Waals surface area contributed by atoms with Gasteiger partial charge in [-0.25, -0.2) is 21.6 Å². The molecule has 0 radical (unpaired) electrons. The Morgan fingerprint density at radius 2 is 1.94 bits per heavy atom. The van der Waals surface area contributed by atoms with Crippen LogP contribution in [-0.2, 0) is 19.9 Å². The van der Waals surface area contributed by atoms with E-state index in [1.54, 1.807) is 0 Å². The molecule has 0 amide bonds. The number of aromatic nitrogens is 1. The number of hydrogen-bond donors (Lipinski definition) is 2. The number of hydrogen-bond acceptors (Lipinski definition) is 5. The highest BCUT2D eigenvalue weighted by molar-refractivity contribution is 7.91. The number of rotatable bonds is 5. The third-order valence-corrected chi connectivity index (χ3v) is 4.27. The molecule has 96 valence electrons. The average Bonchev–Trinajstić information content (AvgIpc) is 2.15. The van der Waals surface area contributed by atoms with Gasteiger partial charge < -0.3 is 4.98 Å². The first-order chi connectivity index (χ1) is 7.72. The number of H-pyrrole nitrogens is 1. The minimum absolute atomic E-state index is 0.268. The van der Waals surface area contributed by atoms with Crippen molar-refractivity contribution in [1.29, 1.82) is 0 Å². The van der Waals surface area contributed by atoms with Crippen LogP contribution in [0.3, 0.4) is 0 Å². The van der Waals surface area contributed by atoms with Gasteiger partial charge >= 0.3 is 0 Å². The molecule has 9 heteroatoms. The Kier molecular flexibility index (Phi) is 4.07. The minimum Gasteiger partial charge on any atom is -0.366 e. The predicted octanol–water partition coefficient (Wildman–Crippen LogP) is -1.30. The van der Waals surface area contributed by atoms with Crippen LogP contribution in [-0.4, -0.2) is 40.4 Å². The summed E-state index contributed by atoms with van der Waals surface area (Å²) >= 11 is 0. The smallest absolute Gasteiger partial charge is 0.245 e. The predicted molar refractivity (Wildman–Crippen MR) is 62.0 cm³/mol. The van der Waals surface area contributed by atoms with Crippen molar-refractivity contribution in [3.8, 4) is 0 Å². The maximum atomic E-state index is 11.6. The number of pyridine rings is 1. The molecule has 0 aliphatic carbocycles. The molecule has 0 fully saturated rings. The molecule has 0 aliphatic rings. The Hall–Kier alpha value is -1.19. The molecule has 0 unspecified atom stereocenters. The van der Waals surface area contributed by atoms with Crippen molar-refractivity contribution >= 4 is 19.9 Å². The molecule has 1 aromatic heterocycles. The molecule has 0 saturated heterocycles. The van der Waals surface area contributed by atoms with E-state index < -0.39 is 30.2 Å². The van der Waals surface area contributed by atoms with E-state index in [1.165, 1.54) is 6.20 Å². The SMILES string of the molecule is CS(=O)(=O)CCNS(=O)(=O)c1c[nH]ccc1=O. The molecular formula is C8H12N2O5S2. The van der Waals surface area contributed by atoms with E-state index in [9.17, 15) is 21.6 Å². The molecule has 0 aromatic carbocycles. The number of nitrogens with one attached hydrogen (secondary N) is 2.